The van der Waals surface area contributed by atoms with Gasteiger partial charge in [-0.1, -0.05) is 12.1 Å². The molecular formula is C14H21ClN2O. The van der Waals surface area contributed by atoms with E-state index < -0.39 is 0 Å². The lowest BCUT2D eigenvalue weighted by molar-refractivity contribution is -0.120. The van der Waals surface area contributed by atoms with Crippen molar-refractivity contribution in [2.24, 2.45) is 11.7 Å². The maximum Gasteiger partial charge on any atom is 0.134 e. The number of halogens is 1. The second-order valence-corrected chi connectivity index (χ2v) is 4.88. The van der Waals surface area contributed by atoms with Crippen LogP contribution < -0.4 is 10.6 Å². The Labute approximate surface area is 115 Å². The zero-order valence-electron chi connectivity index (χ0n) is 11.0. The lowest BCUT2D eigenvalue weighted by Gasteiger charge is -2.14. The smallest absolute Gasteiger partial charge is 0.134 e. The molecule has 3 nitrogen and oxygen atoms in total. The maximum absolute atomic E-state index is 11.4. The van der Waals surface area contributed by atoms with Gasteiger partial charge in [0.15, 0.2) is 0 Å². The highest BCUT2D eigenvalue weighted by Gasteiger charge is 2.18. The lowest BCUT2D eigenvalue weighted by atomic mass is 9.94. The van der Waals surface area contributed by atoms with Crippen LogP contribution in [0.3, 0.4) is 0 Å². The molecule has 0 aliphatic carbocycles. The minimum absolute atomic E-state index is 0. The largest absolute Gasteiger partial charge is 0.374 e. The van der Waals surface area contributed by atoms with Crippen molar-refractivity contribution in [3.8, 4) is 0 Å². The van der Waals surface area contributed by atoms with Crippen LogP contribution in [0.5, 0.6) is 0 Å². The van der Waals surface area contributed by atoms with Gasteiger partial charge in [-0.3, -0.25) is 4.79 Å². The molecule has 1 unspecified atom stereocenters. The Hall–Kier alpha value is -1.06. The number of rotatable bonds is 4. The van der Waals surface area contributed by atoms with Gasteiger partial charge in [0.25, 0.3) is 0 Å². The Balaban J connectivity index is 0.00000162. The number of carbonyl (C=O) groups is 1. The number of hydrogen-bond acceptors (Lipinski definition) is 3. The number of nitrogens with zero attached hydrogens (tertiary/aromatic N) is 1. The average Bonchev–Trinajstić information content (AvgIpc) is 2.67. The van der Waals surface area contributed by atoms with Crippen molar-refractivity contribution in [2.75, 3.05) is 25.0 Å². The van der Waals surface area contributed by atoms with Crippen LogP contribution in [0.4, 0.5) is 5.69 Å². The molecule has 0 radical (unpaired) electrons. The molecule has 1 aromatic rings. The van der Waals surface area contributed by atoms with Gasteiger partial charge in [0.2, 0.25) is 0 Å². The lowest BCUT2D eigenvalue weighted by Crippen LogP contribution is -2.23. The molecule has 2 rings (SSSR count). The number of Topliss-reactive ketones (excluding diaryl/α,β-unsaturated/α-hetero) is 1. The van der Waals surface area contributed by atoms with Crippen LogP contribution in [0.2, 0.25) is 0 Å². The topological polar surface area (TPSA) is 46.3 Å². The van der Waals surface area contributed by atoms with Crippen LogP contribution in [0.1, 0.15) is 18.1 Å². The third-order valence-electron chi connectivity index (χ3n) is 3.61. The number of nitrogens with two attached hydrogens (primary N) is 1. The molecule has 1 aromatic carbocycles. The third-order valence-corrected chi connectivity index (χ3v) is 3.61. The number of benzene rings is 1. The van der Waals surface area contributed by atoms with Gasteiger partial charge in [0.05, 0.1) is 0 Å². The van der Waals surface area contributed by atoms with E-state index in [1.54, 1.807) is 6.92 Å². The molecule has 4 heteroatoms. The highest BCUT2D eigenvalue weighted by Crippen LogP contribution is 2.28. The van der Waals surface area contributed by atoms with Gasteiger partial charge in [-0.25, -0.2) is 0 Å². The Morgan fingerprint density at radius 2 is 2.22 bits per heavy atom. The molecule has 100 valence electrons. The number of hydrogen-bond donors (Lipinski definition) is 1. The van der Waals surface area contributed by atoms with Gasteiger partial charge >= 0.3 is 0 Å². The molecule has 1 aliphatic heterocycles. The molecule has 1 atom stereocenters. The Morgan fingerprint density at radius 1 is 1.50 bits per heavy atom. The zero-order chi connectivity index (χ0) is 12.4. The molecule has 0 spiro atoms. The van der Waals surface area contributed by atoms with Crippen molar-refractivity contribution in [1.82, 2.24) is 0 Å². The molecule has 0 saturated heterocycles. The summed E-state index contributed by atoms with van der Waals surface area (Å²) in [5, 5.41) is 0. The first-order valence-electron chi connectivity index (χ1n) is 6.15. The molecule has 2 N–H and O–H groups in total. The van der Waals surface area contributed by atoms with Gasteiger partial charge < -0.3 is 10.6 Å². The van der Waals surface area contributed by atoms with Crippen LogP contribution in [0.15, 0.2) is 18.2 Å². The van der Waals surface area contributed by atoms with Gasteiger partial charge in [0.1, 0.15) is 5.78 Å². The van der Waals surface area contributed by atoms with Gasteiger partial charge in [-0.15, -0.1) is 12.4 Å². The third kappa shape index (κ3) is 3.03. The van der Waals surface area contributed by atoms with Crippen LogP contribution >= 0.6 is 12.4 Å². The summed E-state index contributed by atoms with van der Waals surface area (Å²) in [5.41, 5.74) is 9.57. The summed E-state index contributed by atoms with van der Waals surface area (Å²) in [5.74, 6) is 0.150. The average molecular weight is 269 g/mol. The SMILES string of the molecule is CC(=O)C(CN)Cc1ccc2c(c1)CCN2C.Cl. The van der Waals surface area contributed by atoms with E-state index >= 15 is 0 Å². The standard InChI is InChI=1S/C14H20N2O.ClH/c1-10(17)13(9-15)8-11-3-4-14-12(7-11)5-6-16(14)2;/h3-4,7,13H,5-6,8-9,15H2,1-2H3;1H. The summed E-state index contributed by atoms with van der Waals surface area (Å²) in [6.45, 7) is 3.15. The van der Waals surface area contributed by atoms with Crippen molar-refractivity contribution in [1.29, 1.82) is 0 Å². The van der Waals surface area contributed by atoms with Gasteiger partial charge in [0, 0.05) is 31.7 Å². The van der Waals surface area contributed by atoms with Crippen molar-refractivity contribution < 1.29 is 4.79 Å². The summed E-state index contributed by atoms with van der Waals surface area (Å²) >= 11 is 0. The summed E-state index contributed by atoms with van der Waals surface area (Å²) in [6, 6.07) is 6.50. The van der Waals surface area contributed by atoms with E-state index in [2.05, 4.69) is 30.1 Å². The number of fused-ring (bicyclic) bond motifs is 1. The van der Waals surface area contributed by atoms with Gasteiger partial charge in [-0.05, 0) is 37.0 Å². The molecule has 18 heavy (non-hydrogen) atoms. The van der Waals surface area contributed by atoms with Crippen molar-refractivity contribution in [2.45, 2.75) is 19.8 Å². The van der Waals surface area contributed by atoms with E-state index in [-0.39, 0.29) is 24.1 Å². The normalized spacial score (nSPS) is 14.9. The first-order valence-corrected chi connectivity index (χ1v) is 6.15. The van der Waals surface area contributed by atoms with Crippen molar-refractivity contribution >= 4 is 23.9 Å². The van der Waals surface area contributed by atoms with Crippen molar-refractivity contribution in [3.63, 3.8) is 0 Å². The van der Waals surface area contributed by atoms with Gasteiger partial charge in [-0.2, -0.15) is 0 Å². The molecule has 0 fully saturated rings. The fourth-order valence-corrected chi connectivity index (χ4v) is 2.42. The number of anilines is 1. The predicted molar refractivity (Wildman–Crippen MR) is 77.6 cm³/mol. The maximum atomic E-state index is 11.4. The van der Waals surface area contributed by atoms with Crippen LogP contribution in [-0.4, -0.2) is 25.9 Å². The van der Waals surface area contributed by atoms with Crippen molar-refractivity contribution in [3.05, 3.63) is 29.3 Å². The Morgan fingerprint density at radius 3 is 2.83 bits per heavy atom. The second-order valence-electron chi connectivity index (χ2n) is 4.88. The van der Waals surface area contributed by atoms with E-state index in [4.69, 9.17) is 5.73 Å². The van der Waals surface area contributed by atoms with E-state index in [0.717, 1.165) is 19.4 Å². The minimum atomic E-state index is -0.0350. The molecule has 0 aromatic heterocycles. The predicted octanol–water partition coefficient (Wildman–Crippen LogP) is 1.81. The van der Waals surface area contributed by atoms with E-state index in [1.165, 1.54) is 16.8 Å². The van der Waals surface area contributed by atoms with E-state index in [9.17, 15) is 4.79 Å². The zero-order valence-corrected chi connectivity index (χ0v) is 11.8. The Bertz CT molecular complexity index is 434. The number of likely N-dealkylation sites (N-methyl/N-ethyl adjacent to an activating group) is 1. The summed E-state index contributed by atoms with van der Waals surface area (Å²) < 4.78 is 0. The molecule has 0 bridgehead atoms. The van der Waals surface area contributed by atoms with Crippen LogP contribution in [0.25, 0.3) is 0 Å². The second kappa shape index (κ2) is 6.21. The minimum Gasteiger partial charge on any atom is -0.374 e. The highest BCUT2D eigenvalue weighted by molar-refractivity contribution is 5.85. The summed E-state index contributed by atoms with van der Waals surface area (Å²) in [4.78, 5) is 13.6. The molecule has 0 saturated carbocycles. The fourth-order valence-electron chi connectivity index (χ4n) is 2.42. The molecule has 1 aliphatic rings. The monoisotopic (exact) mass is 268 g/mol. The quantitative estimate of drug-likeness (QED) is 0.906. The first kappa shape index (κ1) is 15.0. The van der Waals surface area contributed by atoms with E-state index in [1.807, 2.05) is 0 Å². The number of ketones is 1. The number of carbonyl (C=O) groups excluding carboxylic acids is 1. The Kier molecular flexibility index (Phi) is 5.17. The molecule has 1 heterocycles. The summed E-state index contributed by atoms with van der Waals surface area (Å²) in [7, 11) is 2.11. The summed E-state index contributed by atoms with van der Waals surface area (Å²) in [6.07, 6.45) is 1.87. The van der Waals surface area contributed by atoms with Crippen LogP contribution in [0, 0.1) is 5.92 Å². The van der Waals surface area contributed by atoms with Crippen LogP contribution in [-0.2, 0) is 17.6 Å². The highest BCUT2D eigenvalue weighted by atomic mass is 35.5. The molecule has 0 amide bonds. The molecular weight excluding hydrogens is 248 g/mol. The van der Waals surface area contributed by atoms with E-state index in [0.29, 0.717) is 6.54 Å². The first-order chi connectivity index (χ1) is 8.11. The fraction of sp³-hybridized carbons (Fsp3) is 0.500.